The SMILES string of the molecule is CSCC(C)N(C)C(=O)c1ccc(C#CCN)cc1F. The molecule has 0 heterocycles. The Bertz CT molecular complexity index is 536. The van der Waals surface area contributed by atoms with Crippen molar-refractivity contribution in [1.29, 1.82) is 0 Å². The van der Waals surface area contributed by atoms with Gasteiger partial charge in [0.2, 0.25) is 0 Å². The van der Waals surface area contributed by atoms with E-state index in [1.807, 2.05) is 13.2 Å². The number of benzene rings is 1. The van der Waals surface area contributed by atoms with Crippen molar-refractivity contribution in [2.75, 3.05) is 25.6 Å². The fourth-order valence-corrected chi connectivity index (χ4v) is 2.37. The van der Waals surface area contributed by atoms with Gasteiger partial charge in [0.25, 0.3) is 5.91 Å². The Kier molecular flexibility index (Phi) is 6.56. The van der Waals surface area contributed by atoms with Gasteiger partial charge in [0.1, 0.15) is 5.82 Å². The van der Waals surface area contributed by atoms with E-state index in [1.54, 1.807) is 29.8 Å². The molecule has 0 aliphatic rings. The minimum Gasteiger partial charge on any atom is -0.338 e. The highest BCUT2D eigenvalue weighted by molar-refractivity contribution is 7.98. The summed E-state index contributed by atoms with van der Waals surface area (Å²) in [6.45, 7) is 2.16. The maximum Gasteiger partial charge on any atom is 0.256 e. The van der Waals surface area contributed by atoms with Gasteiger partial charge in [0.15, 0.2) is 0 Å². The summed E-state index contributed by atoms with van der Waals surface area (Å²) in [6.07, 6.45) is 1.97. The lowest BCUT2D eigenvalue weighted by Gasteiger charge is -2.24. The Hall–Kier alpha value is -1.51. The van der Waals surface area contributed by atoms with E-state index < -0.39 is 5.82 Å². The molecule has 0 bridgehead atoms. The second-order valence-corrected chi connectivity index (χ2v) is 5.33. The normalized spacial score (nSPS) is 11.4. The molecule has 0 aromatic heterocycles. The first-order chi connectivity index (χ1) is 9.51. The maximum atomic E-state index is 14.0. The zero-order valence-corrected chi connectivity index (χ0v) is 12.8. The highest BCUT2D eigenvalue weighted by Gasteiger charge is 2.20. The van der Waals surface area contributed by atoms with Crippen LogP contribution in [0.25, 0.3) is 0 Å². The molecule has 0 aliphatic carbocycles. The molecule has 3 nitrogen and oxygen atoms in total. The second-order valence-electron chi connectivity index (χ2n) is 4.42. The van der Waals surface area contributed by atoms with E-state index in [4.69, 9.17) is 5.73 Å². The predicted molar refractivity (Wildman–Crippen MR) is 82.3 cm³/mol. The average Bonchev–Trinajstić information content (AvgIpc) is 2.44. The molecule has 0 radical (unpaired) electrons. The Morgan fingerprint density at radius 3 is 2.80 bits per heavy atom. The van der Waals surface area contributed by atoms with Crippen molar-refractivity contribution >= 4 is 17.7 Å². The van der Waals surface area contributed by atoms with Gasteiger partial charge in [-0.15, -0.1) is 0 Å². The number of rotatable bonds is 4. The van der Waals surface area contributed by atoms with E-state index in [-0.39, 0.29) is 24.1 Å². The quantitative estimate of drug-likeness (QED) is 0.864. The first-order valence-corrected chi connectivity index (χ1v) is 7.65. The number of hydrogen-bond donors (Lipinski definition) is 1. The standard InChI is InChI=1S/C15H19FN2OS/c1-11(10-20-3)18(2)15(19)13-7-6-12(5-4-8-17)9-14(13)16/h6-7,9,11H,8,10,17H2,1-3H3. The third kappa shape index (κ3) is 4.26. The minimum absolute atomic E-state index is 0.0496. The first-order valence-electron chi connectivity index (χ1n) is 6.25. The third-order valence-electron chi connectivity index (χ3n) is 2.92. The summed E-state index contributed by atoms with van der Waals surface area (Å²) in [5.74, 6) is 5.33. The largest absolute Gasteiger partial charge is 0.338 e. The molecular weight excluding hydrogens is 275 g/mol. The number of nitrogens with two attached hydrogens (primary N) is 1. The van der Waals surface area contributed by atoms with Crippen LogP contribution in [0.15, 0.2) is 18.2 Å². The molecule has 5 heteroatoms. The Balaban J connectivity index is 2.94. The number of halogens is 1. The lowest BCUT2D eigenvalue weighted by Crippen LogP contribution is -2.37. The van der Waals surface area contributed by atoms with Crippen LogP contribution in [0.3, 0.4) is 0 Å². The van der Waals surface area contributed by atoms with E-state index >= 15 is 0 Å². The second kappa shape index (κ2) is 7.93. The molecule has 0 aliphatic heterocycles. The molecule has 1 amide bonds. The number of amides is 1. The van der Waals surface area contributed by atoms with E-state index in [0.29, 0.717) is 5.56 Å². The zero-order valence-electron chi connectivity index (χ0n) is 11.9. The van der Waals surface area contributed by atoms with Crippen LogP contribution < -0.4 is 5.73 Å². The Morgan fingerprint density at radius 1 is 1.55 bits per heavy atom. The van der Waals surface area contributed by atoms with Crippen molar-refractivity contribution in [3.05, 3.63) is 35.1 Å². The van der Waals surface area contributed by atoms with Crippen LogP contribution in [0.5, 0.6) is 0 Å². The van der Waals surface area contributed by atoms with Crippen molar-refractivity contribution in [1.82, 2.24) is 4.90 Å². The Labute approximate surface area is 123 Å². The fraction of sp³-hybridized carbons (Fsp3) is 0.400. The molecule has 0 saturated heterocycles. The fourth-order valence-electron chi connectivity index (χ4n) is 1.66. The number of nitrogens with zero attached hydrogens (tertiary/aromatic N) is 1. The van der Waals surface area contributed by atoms with E-state index in [1.165, 1.54) is 12.1 Å². The van der Waals surface area contributed by atoms with E-state index in [2.05, 4.69) is 11.8 Å². The van der Waals surface area contributed by atoms with Gasteiger partial charge in [-0.25, -0.2) is 4.39 Å². The topological polar surface area (TPSA) is 46.3 Å². The van der Waals surface area contributed by atoms with E-state index in [9.17, 15) is 9.18 Å². The first kappa shape index (κ1) is 16.5. The molecule has 0 saturated carbocycles. The molecule has 2 N–H and O–H groups in total. The summed E-state index contributed by atoms with van der Waals surface area (Å²) in [6, 6.07) is 4.42. The predicted octanol–water partition coefficient (Wildman–Crippen LogP) is 1.96. The molecule has 108 valence electrons. The molecule has 0 fully saturated rings. The highest BCUT2D eigenvalue weighted by Crippen LogP contribution is 2.14. The molecule has 1 atom stereocenters. The number of carbonyl (C=O) groups excluding carboxylic acids is 1. The third-order valence-corrected chi connectivity index (χ3v) is 3.74. The van der Waals surface area contributed by atoms with Gasteiger partial charge in [-0.05, 0) is 31.4 Å². The van der Waals surface area contributed by atoms with Crippen molar-refractivity contribution < 1.29 is 9.18 Å². The highest BCUT2D eigenvalue weighted by atomic mass is 32.2. The van der Waals surface area contributed by atoms with Crippen LogP contribution in [0.4, 0.5) is 4.39 Å². The van der Waals surface area contributed by atoms with Gasteiger partial charge in [-0.3, -0.25) is 4.79 Å². The van der Waals surface area contributed by atoms with Gasteiger partial charge in [-0.1, -0.05) is 11.8 Å². The zero-order chi connectivity index (χ0) is 15.1. The van der Waals surface area contributed by atoms with Crippen LogP contribution >= 0.6 is 11.8 Å². The summed E-state index contributed by atoms with van der Waals surface area (Å²) in [5.41, 5.74) is 5.85. The number of thioether (sulfide) groups is 1. The van der Waals surface area contributed by atoms with Crippen molar-refractivity contribution in [3.63, 3.8) is 0 Å². The lowest BCUT2D eigenvalue weighted by atomic mass is 10.1. The Morgan fingerprint density at radius 2 is 2.25 bits per heavy atom. The van der Waals surface area contributed by atoms with Crippen LogP contribution in [-0.4, -0.2) is 42.4 Å². The van der Waals surface area contributed by atoms with Gasteiger partial charge in [-0.2, -0.15) is 11.8 Å². The van der Waals surface area contributed by atoms with Crippen molar-refractivity contribution in [2.24, 2.45) is 5.73 Å². The lowest BCUT2D eigenvalue weighted by molar-refractivity contribution is 0.0753. The smallest absolute Gasteiger partial charge is 0.256 e. The molecule has 1 rings (SSSR count). The van der Waals surface area contributed by atoms with Crippen LogP contribution in [0.2, 0.25) is 0 Å². The molecule has 1 aromatic rings. The average molecular weight is 294 g/mol. The monoisotopic (exact) mass is 294 g/mol. The molecule has 1 aromatic carbocycles. The molecular formula is C15H19FN2OS. The number of hydrogen-bond acceptors (Lipinski definition) is 3. The molecule has 20 heavy (non-hydrogen) atoms. The van der Waals surface area contributed by atoms with E-state index in [0.717, 1.165) is 5.75 Å². The van der Waals surface area contributed by atoms with Gasteiger partial charge in [0, 0.05) is 24.4 Å². The molecule has 1 unspecified atom stereocenters. The summed E-state index contributed by atoms with van der Waals surface area (Å²) in [7, 11) is 1.69. The minimum atomic E-state index is -0.554. The van der Waals surface area contributed by atoms with Crippen LogP contribution in [0.1, 0.15) is 22.8 Å². The van der Waals surface area contributed by atoms with Gasteiger partial charge >= 0.3 is 0 Å². The summed E-state index contributed by atoms with van der Waals surface area (Å²) < 4.78 is 14.0. The van der Waals surface area contributed by atoms with Crippen LogP contribution in [0, 0.1) is 17.7 Å². The number of carbonyl (C=O) groups is 1. The van der Waals surface area contributed by atoms with Crippen molar-refractivity contribution in [2.45, 2.75) is 13.0 Å². The van der Waals surface area contributed by atoms with Crippen molar-refractivity contribution in [3.8, 4) is 11.8 Å². The molecule has 0 spiro atoms. The van der Waals surface area contributed by atoms with Gasteiger partial charge < -0.3 is 10.6 Å². The summed E-state index contributed by atoms with van der Waals surface area (Å²) in [4.78, 5) is 13.8. The summed E-state index contributed by atoms with van der Waals surface area (Å²) >= 11 is 1.65. The van der Waals surface area contributed by atoms with Crippen LogP contribution in [-0.2, 0) is 0 Å². The van der Waals surface area contributed by atoms with Gasteiger partial charge in [0.05, 0.1) is 12.1 Å². The summed E-state index contributed by atoms with van der Waals surface area (Å²) in [5, 5.41) is 0. The maximum absolute atomic E-state index is 14.0.